The Morgan fingerprint density at radius 2 is 1.88 bits per heavy atom. The fourth-order valence-electron chi connectivity index (χ4n) is 2.39. The van der Waals surface area contributed by atoms with Crippen molar-refractivity contribution < 1.29 is 9.53 Å². The van der Waals surface area contributed by atoms with E-state index in [-0.39, 0.29) is 11.7 Å². The average molecular weight is 236 g/mol. The zero-order valence-corrected chi connectivity index (χ0v) is 10.4. The van der Waals surface area contributed by atoms with Gasteiger partial charge in [0.2, 0.25) is 0 Å². The van der Waals surface area contributed by atoms with Gasteiger partial charge in [0.1, 0.15) is 11.9 Å². The van der Waals surface area contributed by atoms with Gasteiger partial charge < -0.3 is 4.74 Å². The molecule has 0 amide bonds. The van der Waals surface area contributed by atoms with Gasteiger partial charge in [-0.3, -0.25) is 0 Å². The number of hydrogen-bond donors (Lipinski definition) is 0. The first kappa shape index (κ1) is 12.1. The highest BCUT2D eigenvalue weighted by Gasteiger charge is 2.29. The van der Waals surface area contributed by atoms with Crippen LogP contribution in [-0.2, 0) is 4.74 Å². The van der Waals surface area contributed by atoms with E-state index < -0.39 is 0 Å². The maximum absolute atomic E-state index is 11.9. The van der Waals surface area contributed by atoms with Gasteiger partial charge in [-0.25, -0.2) is 14.3 Å². The first-order chi connectivity index (χ1) is 8.20. The van der Waals surface area contributed by atoms with Crippen molar-refractivity contribution >= 4 is 6.09 Å². The minimum atomic E-state index is -0.314. The second kappa shape index (κ2) is 5.34. The van der Waals surface area contributed by atoms with Crippen molar-refractivity contribution in [3.8, 4) is 0 Å². The number of imidazole rings is 1. The summed E-state index contributed by atoms with van der Waals surface area (Å²) in [7, 11) is 0. The molecule has 1 aromatic rings. The van der Waals surface area contributed by atoms with E-state index >= 15 is 0 Å². The molecule has 1 aliphatic rings. The highest BCUT2D eigenvalue weighted by molar-refractivity contribution is 5.70. The lowest BCUT2D eigenvalue weighted by molar-refractivity contribution is 0.00637. The lowest BCUT2D eigenvalue weighted by Gasteiger charge is -2.31. The molecule has 1 saturated carbocycles. The molecule has 2 rings (SSSR count). The lowest BCUT2D eigenvalue weighted by atomic mass is 9.88. The number of ether oxygens (including phenoxy) is 1. The molecule has 17 heavy (non-hydrogen) atoms. The molecule has 0 spiro atoms. The van der Waals surface area contributed by atoms with E-state index in [2.05, 4.69) is 4.98 Å². The van der Waals surface area contributed by atoms with Crippen molar-refractivity contribution in [1.29, 1.82) is 0 Å². The Morgan fingerprint density at radius 3 is 2.47 bits per heavy atom. The van der Waals surface area contributed by atoms with Crippen molar-refractivity contribution in [1.82, 2.24) is 9.55 Å². The van der Waals surface area contributed by atoms with Gasteiger partial charge in [0.25, 0.3) is 0 Å². The topological polar surface area (TPSA) is 44.1 Å². The standard InChI is InChI=1S/C13H20N2O2/c1-13(7-5-3-2-4-6-8-13)17-12(16)15-10-9-14-11-15/h9-11H,2-8H2,1H3. The summed E-state index contributed by atoms with van der Waals surface area (Å²) in [5, 5.41) is 0. The lowest BCUT2D eigenvalue weighted by Crippen LogP contribution is -2.34. The SMILES string of the molecule is CC1(OC(=O)n2ccnc2)CCCCCCC1. The van der Waals surface area contributed by atoms with Crippen LogP contribution in [0.5, 0.6) is 0 Å². The third-order valence-corrected chi connectivity index (χ3v) is 3.46. The summed E-state index contributed by atoms with van der Waals surface area (Å²) in [6.07, 6.45) is 12.4. The van der Waals surface area contributed by atoms with Crippen LogP contribution in [-0.4, -0.2) is 21.2 Å². The van der Waals surface area contributed by atoms with E-state index in [0.717, 1.165) is 25.7 Å². The Labute approximate surface area is 102 Å². The second-order valence-electron chi connectivity index (χ2n) is 5.06. The fraction of sp³-hybridized carbons (Fsp3) is 0.692. The molecule has 0 saturated heterocycles. The predicted molar refractivity (Wildman–Crippen MR) is 64.8 cm³/mol. The number of rotatable bonds is 1. The zero-order chi connectivity index (χ0) is 12.1. The van der Waals surface area contributed by atoms with E-state index in [1.54, 1.807) is 12.4 Å². The molecule has 0 radical (unpaired) electrons. The Balaban J connectivity index is 1.97. The number of aromatic nitrogens is 2. The Bertz CT molecular complexity index is 352. The molecule has 4 nitrogen and oxygen atoms in total. The molecule has 1 aliphatic carbocycles. The summed E-state index contributed by atoms with van der Waals surface area (Å²) >= 11 is 0. The van der Waals surface area contributed by atoms with E-state index in [0.29, 0.717) is 0 Å². The van der Waals surface area contributed by atoms with Crippen LogP contribution in [0.15, 0.2) is 18.7 Å². The summed E-state index contributed by atoms with van der Waals surface area (Å²) in [5.41, 5.74) is -0.304. The van der Waals surface area contributed by atoms with Crippen molar-refractivity contribution in [2.24, 2.45) is 0 Å². The molecule has 1 aromatic heterocycles. The number of hydrogen-bond acceptors (Lipinski definition) is 3. The molecular formula is C13H20N2O2. The smallest absolute Gasteiger partial charge is 0.419 e. The maximum atomic E-state index is 11.9. The van der Waals surface area contributed by atoms with Crippen LogP contribution in [0.25, 0.3) is 0 Å². The molecule has 0 aliphatic heterocycles. The van der Waals surface area contributed by atoms with E-state index in [9.17, 15) is 4.79 Å². The van der Waals surface area contributed by atoms with Crippen LogP contribution < -0.4 is 0 Å². The third-order valence-electron chi connectivity index (χ3n) is 3.46. The van der Waals surface area contributed by atoms with Gasteiger partial charge in [0.15, 0.2) is 0 Å². The Kier molecular flexibility index (Phi) is 3.82. The molecular weight excluding hydrogens is 216 g/mol. The minimum Gasteiger partial charge on any atom is -0.443 e. The van der Waals surface area contributed by atoms with Gasteiger partial charge in [-0.1, -0.05) is 19.3 Å². The molecule has 0 aromatic carbocycles. The highest BCUT2D eigenvalue weighted by atomic mass is 16.6. The van der Waals surface area contributed by atoms with Crippen LogP contribution in [0, 0.1) is 0 Å². The van der Waals surface area contributed by atoms with Crippen molar-refractivity contribution in [2.75, 3.05) is 0 Å². The largest absolute Gasteiger partial charge is 0.443 e. The van der Waals surface area contributed by atoms with Crippen molar-refractivity contribution in [3.63, 3.8) is 0 Å². The summed E-state index contributed by atoms with van der Waals surface area (Å²) < 4.78 is 7.04. The number of carbonyl (C=O) groups is 1. The van der Waals surface area contributed by atoms with Gasteiger partial charge in [-0.2, -0.15) is 0 Å². The van der Waals surface area contributed by atoms with Crippen LogP contribution in [0.4, 0.5) is 4.79 Å². The highest BCUT2D eigenvalue weighted by Crippen LogP contribution is 2.29. The quantitative estimate of drug-likeness (QED) is 0.751. The molecule has 0 bridgehead atoms. The molecule has 94 valence electrons. The second-order valence-corrected chi connectivity index (χ2v) is 5.06. The van der Waals surface area contributed by atoms with E-state index in [4.69, 9.17) is 4.74 Å². The van der Waals surface area contributed by atoms with E-state index in [1.807, 2.05) is 6.92 Å². The normalized spacial score (nSPS) is 20.3. The van der Waals surface area contributed by atoms with Crippen LogP contribution in [0.2, 0.25) is 0 Å². The Hall–Kier alpha value is -1.32. The molecule has 4 heteroatoms. The first-order valence-electron chi connectivity index (χ1n) is 6.41. The molecule has 0 unspecified atom stereocenters. The Morgan fingerprint density at radius 1 is 1.24 bits per heavy atom. The summed E-state index contributed by atoms with van der Waals surface area (Å²) in [6, 6.07) is 0. The fourth-order valence-corrected chi connectivity index (χ4v) is 2.39. The van der Waals surface area contributed by atoms with Crippen LogP contribution in [0.3, 0.4) is 0 Å². The summed E-state index contributed by atoms with van der Waals surface area (Å²) in [5.74, 6) is 0. The van der Waals surface area contributed by atoms with Gasteiger partial charge >= 0.3 is 6.09 Å². The monoisotopic (exact) mass is 236 g/mol. The zero-order valence-electron chi connectivity index (χ0n) is 10.4. The maximum Gasteiger partial charge on any atom is 0.419 e. The molecule has 1 heterocycles. The van der Waals surface area contributed by atoms with Crippen molar-refractivity contribution in [3.05, 3.63) is 18.7 Å². The van der Waals surface area contributed by atoms with Crippen molar-refractivity contribution in [2.45, 2.75) is 57.5 Å². The third kappa shape index (κ3) is 3.32. The number of carbonyl (C=O) groups excluding carboxylic acids is 1. The van der Waals surface area contributed by atoms with Gasteiger partial charge in [0, 0.05) is 12.4 Å². The predicted octanol–water partition coefficient (Wildman–Crippen LogP) is 3.37. The van der Waals surface area contributed by atoms with Gasteiger partial charge in [-0.15, -0.1) is 0 Å². The van der Waals surface area contributed by atoms with E-state index in [1.165, 1.54) is 30.2 Å². The molecule has 0 atom stereocenters. The number of nitrogens with zero attached hydrogens (tertiary/aromatic N) is 2. The summed E-state index contributed by atoms with van der Waals surface area (Å²) in [4.78, 5) is 15.7. The minimum absolute atomic E-state index is 0.304. The molecule has 0 N–H and O–H groups in total. The van der Waals surface area contributed by atoms with Gasteiger partial charge in [-0.05, 0) is 32.6 Å². The van der Waals surface area contributed by atoms with Gasteiger partial charge in [0.05, 0.1) is 0 Å². The average Bonchev–Trinajstić information content (AvgIpc) is 2.78. The molecule has 1 fully saturated rings. The first-order valence-corrected chi connectivity index (χ1v) is 6.41. The summed E-state index contributed by atoms with van der Waals surface area (Å²) in [6.45, 7) is 2.05. The van der Waals surface area contributed by atoms with Crippen LogP contribution in [0.1, 0.15) is 51.9 Å². The van der Waals surface area contributed by atoms with Crippen LogP contribution >= 0.6 is 0 Å².